The Morgan fingerprint density at radius 2 is 1.58 bits per heavy atom. The molecule has 202 valence electrons. The standard InChI is InChI=1S/C31H37BrN2O4/c1-4-23(2)33-31(36)29(21-24-9-6-5-7-10-24)34(22-25-12-14-26(32)15-13-25)30(35)11-8-20-38-28-18-16-27(37-3)17-19-28/h5-7,9-10,12-19,23,29H,4,8,11,20-22H2,1-3H3,(H,33,36)/t23-,29+/m1/s1. The molecule has 7 heteroatoms. The van der Waals surface area contributed by atoms with Crippen molar-refractivity contribution in [2.45, 2.75) is 58.2 Å². The number of nitrogens with zero attached hydrogens (tertiary/aromatic N) is 1. The molecule has 0 unspecified atom stereocenters. The Morgan fingerprint density at radius 1 is 0.921 bits per heavy atom. The van der Waals surface area contributed by atoms with E-state index in [9.17, 15) is 9.59 Å². The van der Waals surface area contributed by atoms with Crippen molar-refractivity contribution >= 4 is 27.7 Å². The highest BCUT2D eigenvalue weighted by molar-refractivity contribution is 9.10. The Kier molecular flexibility index (Phi) is 11.7. The zero-order valence-corrected chi connectivity index (χ0v) is 23.9. The minimum absolute atomic E-state index is 0.0169. The van der Waals surface area contributed by atoms with E-state index in [0.29, 0.717) is 26.0 Å². The van der Waals surface area contributed by atoms with Crippen LogP contribution >= 0.6 is 15.9 Å². The third kappa shape index (κ3) is 9.21. The first-order valence-electron chi connectivity index (χ1n) is 13.0. The molecule has 3 rings (SSSR count). The first-order chi connectivity index (χ1) is 18.4. The predicted molar refractivity (Wildman–Crippen MR) is 154 cm³/mol. The normalized spacial score (nSPS) is 12.3. The van der Waals surface area contributed by atoms with Gasteiger partial charge in [-0.05, 0) is 67.3 Å². The van der Waals surface area contributed by atoms with Gasteiger partial charge in [0.15, 0.2) is 0 Å². The Balaban J connectivity index is 1.77. The maximum absolute atomic E-state index is 13.7. The number of benzene rings is 3. The summed E-state index contributed by atoms with van der Waals surface area (Å²) in [6, 6.07) is 24.4. The summed E-state index contributed by atoms with van der Waals surface area (Å²) in [6.45, 7) is 4.75. The number of amides is 2. The molecule has 2 atom stereocenters. The van der Waals surface area contributed by atoms with E-state index in [0.717, 1.165) is 33.5 Å². The maximum Gasteiger partial charge on any atom is 0.243 e. The summed E-state index contributed by atoms with van der Waals surface area (Å²) in [6.07, 6.45) is 2.06. The first-order valence-corrected chi connectivity index (χ1v) is 13.8. The molecule has 0 saturated heterocycles. The zero-order chi connectivity index (χ0) is 27.3. The van der Waals surface area contributed by atoms with Crippen molar-refractivity contribution in [3.05, 3.63) is 94.5 Å². The molecular formula is C31H37BrN2O4. The molecule has 2 amide bonds. The van der Waals surface area contributed by atoms with Crippen molar-refractivity contribution < 1.29 is 19.1 Å². The molecule has 0 bridgehead atoms. The fourth-order valence-corrected chi connectivity index (χ4v) is 4.27. The Morgan fingerprint density at radius 3 is 2.21 bits per heavy atom. The maximum atomic E-state index is 13.7. The molecule has 38 heavy (non-hydrogen) atoms. The summed E-state index contributed by atoms with van der Waals surface area (Å²) >= 11 is 3.48. The minimum Gasteiger partial charge on any atom is -0.497 e. The largest absolute Gasteiger partial charge is 0.497 e. The highest BCUT2D eigenvalue weighted by Crippen LogP contribution is 2.20. The van der Waals surface area contributed by atoms with Crippen LogP contribution in [0.25, 0.3) is 0 Å². The lowest BCUT2D eigenvalue weighted by Gasteiger charge is -2.32. The highest BCUT2D eigenvalue weighted by atomic mass is 79.9. The number of ether oxygens (including phenoxy) is 2. The predicted octanol–water partition coefficient (Wildman–Crippen LogP) is 6.17. The van der Waals surface area contributed by atoms with Crippen LogP contribution in [0, 0.1) is 0 Å². The fourth-order valence-electron chi connectivity index (χ4n) is 4.01. The van der Waals surface area contributed by atoms with Crippen LogP contribution in [0.2, 0.25) is 0 Å². The summed E-state index contributed by atoms with van der Waals surface area (Å²) in [5.74, 6) is 1.27. The van der Waals surface area contributed by atoms with Crippen LogP contribution in [-0.4, -0.2) is 42.5 Å². The average Bonchev–Trinajstić information content (AvgIpc) is 2.94. The van der Waals surface area contributed by atoms with Crippen LogP contribution in [0.3, 0.4) is 0 Å². The molecule has 1 N–H and O–H groups in total. The molecule has 0 aromatic heterocycles. The van der Waals surface area contributed by atoms with Crippen molar-refractivity contribution in [2.75, 3.05) is 13.7 Å². The molecular weight excluding hydrogens is 544 g/mol. The van der Waals surface area contributed by atoms with Crippen LogP contribution in [0.1, 0.15) is 44.2 Å². The van der Waals surface area contributed by atoms with E-state index in [1.807, 2.05) is 92.7 Å². The van der Waals surface area contributed by atoms with Gasteiger partial charge in [0, 0.05) is 29.9 Å². The zero-order valence-electron chi connectivity index (χ0n) is 22.4. The molecule has 0 radical (unpaired) electrons. The second-order valence-electron chi connectivity index (χ2n) is 9.30. The van der Waals surface area contributed by atoms with Crippen LogP contribution in [0.5, 0.6) is 11.5 Å². The van der Waals surface area contributed by atoms with Crippen molar-refractivity contribution in [1.82, 2.24) is 10.2 Å². The van der Waals surface area contributed by atoms with Crippen molar-refractivity contribution in [3.63, 3.8) is 0 Å². The highest BCUT2D eigenvalue weighted by Gasteiger charge is 2.30. The molecule has 0 saturated carbocycles. The topological polar surface area (TPSA) is 67.9 Å². The van der Waals surface area contributed by atoms with Gasteiger partial charge in [-0.15, -0.1) is 0 Å². The van der Waals surface area contributed by atoms with Crippen molar-refractivity contribution in [1.29, 1.82) is 0 Å². The van der Waals surface area contributed by atoms with Gasteiger partial charge in [0.25, 0.3) is 0 Å². The minimum atomic E-state index is -0.634. The summed E-state index contributed by atoms with van der Waals surface area (Å²) in [4.78, 5) is 28.9. The molecule has 0 aliphatic carbocycles. The summed E-state index contributed by atoms with van der Waals surface area (Å²) in [7, 11) is 1.62. The van der Waals surface area contributed by atoms with Crippen LogP contribution < -0.4 is 14.8 Å². The summed E-state index contributed by atoms with van der Waals surface area (Å²) in [5.41, 5.74) is 1.97. The van der Waals surface area contributed by atoms with Crippen molar-refractivity contribution in [2.24, 2.45) is 0 Å². The van der Waals surface area contributed by atoms with Gasteiger partial charge in [0.1, 0.15) is 17.5 Å². The molecule has 0 fully saturated rings. The number of rotatable bonds is 14. The molecule has 3 aromatic carbocycles. The molecule has 0 aliphatic rings. The van der Waals surface area contributed by atoms with Crippen LogP contribution in [0.15, 0.2) is 83.3 Å². The quantitative estimate of drug-likeness (QED) is 0.231. The van der Waals surface area contributed by atoms with Gasteiger partial charge in [-0.1, -0.05) is 65.3 Å². The lowest BCUT2D eigenvalue weighted by atomic mass is 10.0. The van der Waals surface area contributed by atoms with E-state index in [-0.39, 0.29) is 24.3 Å². The number of hydrogen-bond acceptors (Lipinski definition) is 4. The van der Waals surface area contributed by atoms with Gasteiger partial charge in [-0.3, -0.25) is 9.59 Å². The number of nitrogens with one attached hydrogen (secondary N) is 1. The fraction of sp³-hybridized carbons (Fsp3) is 0.355. The van der Waals surface area contributed by atoms with Gasteiger partial charge in [-0.25, -0.2) is 0 Å². The molecule has 0 spiro atoms. The third-order valence-electron chi connectivity index (χ3n) is 6.40. The first kappa shape index (κ1) is 29.2. The Hall–Kier alpha value is -3.32. The van der Waals surface area contributed by atoms with E-state index in [1.165, 1.54) is 0 Å². The van der Waals surface area contributed by atoms with Gasteiger partial charge in [0.2, 0.25) is 11.8 Å². The average molecular weight is 582 g/mol. The van der Waals surface area contributed by atoms with Gasteiger partial charge >= 0.3 is 0 Å². The van der Waals surface area contributed by atoms with E-state index >= 15 is 0 Å². The number of hydrogen-bond donors (Lipinski definition) is 1. The van der Waals surface area contributed by atoms with E-state index < -0.39 is 6.04 Å². The third-order valence-corrected chi connectivity index (χ3v) is 6.93. The monoisotopic (exact) mass is 580 g/mol. The second kappa shape index (κ2) is 15.2. The van der Waals surface area contributed by atoms with Crippen molar-refractivity contribution in [3.8, 4) is 11.5 Å². The second-order valence-corrected chi connectivity index (χ2v) is 10.2. The lowest BCUT2D eigenvalue weighted by Crippen LogP contribution is -2.52. The molecule has 6 nitrogen and oxygen atoms in total. The SMILES string of the molecule is CC[C@@H](C)NC(=O)[C@H](Cc1ccccc1)N(Cc1ccc(Br)cc1)C(=O)CCCOc1ccc(OC)cc1. The van der Waals surface area contributed by atoms with Gasteiger partial charge < -0.3 is 19.7 Å². The molecule has 0 heterocycles. The number of carbonyl (C=O) groups excluding carboxylic acids is 2. The van der Waals surface area contributed by atoms with Crippen LogP contribution in [0.4, 0.5) is 0 Å². The lowest BCUT2D eigenvalue weighted by molar-refractivity contribution is -0.141. The smallest absolute Gasteiger partial charge is 0.243 e. The number of halogens is 1. The van der Waals surface area contributed by atoms with E-state index in [4.69, 9.17) is 9.47 Å². The molecule has 0 aliphatic heterocycles. The number of methoxy groups -OCH3 is 1. The van der Waals surface area contributed by atoms with Gasteiger partial charge in [0.05, 0.1) is 13.7 Å². The van der Waals surface area contributed by atoms with Gasteiger partial charge in [-0.2, -0.15) is 0 Å². The molecule has 3 aromatic rings. The van der Waals surface area contributed by atoms with E-state index in [1.54, 1.807) is 12.0 Å². The Labute approximate surface area is 234 Å². The summed E-state index contributed by atoms with van der Waals surface area (Å²) in [5, 5.41) is 3.10. The van der Waals surface area contributed by atoms with Crippen LogP contribution in [-0.2, 0) is 22.6 Å². The number of carbonyl (C=O) groups is 2. The summed E-state index contributed by atoms with van der Waals surface area (Å²) < 4.78 is 12.0. The van der Waals surface area contributed by atoms with E-state index in [2.05, 4.69) is 21.2 Å². The Bertz CT molecular complexity index is 1140.